The number of benzene rings is 1. The minimum absolute atomic E-state index is 0.0646. The Morgan fingerprint density at radius 2 is 1.94 bits per heavy atom. The van der Waals surface area contributed by atoms with Crippen LogP contribution in [0.15, 0.2) is 30.3 Å². The minimum atomic E-state index is -0.427. The molecule has 0 spiro atoms. The molecule has 3 nitrogen and oxygen atoms in total. The standard InChI is InChI=1S/C15H24N2O/c1-3-5-11-17(4-2)15(18)14(16)12-13-9-7-6-8-10-13/h6-10,14H,3-5,11-12,16H2,1-2H3. The topological polar surface area (TPSA) is 46.3 Å². The van der Waals surface area contributed by atoms with Crippen molar-refractivity contribution in [3.63, 3.8) is 0 Å². The quantitative estimate of drug-likeness (QED) is 0.804. The molecule has 0 aliphatic rings. The molecule has 0 saturated carbocycles. The molecule has 2 N–H and O–H groups in total. The van der Waals surface area contributed by atoms with Crippen LogP contribution in [-0.2, 0) is 11.2 Å². The second kappa shape index (κ2) is 7.88. The third kappa shape index (κ3) is 4.49. The maximum Gasteiger partial charge on any atom is 0.239 e. The van der Waals surface area contributed by atoms with Crippen LogP contribution in [0.2, 0.25) is 0 Å². The lowest BCUT2D eigenvalue weighted by Crippen LogP contribution is -2.45. The van der Waals surface area contributed by atoms with Crippen LogP contribution in [-0.4, -0.2) is 29.9 Å². The molecule has 0 radical (unpaired) electrons. The fourth-order valence-corrected chi connectivity index (χ4v) is 1.96. The van der Waals surface area contributed by atoms with Crippen LogP contribution in [0.1, 0.15) is 32.3 Å². The summed E-state index contributed by atoms with van der Waals surface area (Å²) < 4.78 is 0. The second-order valence-electron chi connectivity index (χ2n) is 4.57. The number of carbonyl (C=O) groups is 1. The van der Waals surface area contributed by atoms with E-state index < -0.39 is 6.04 Å². The highest BCUT2D eigenvalue weighted by Crippen LogP contribution is 2.05. The summed E-state index contributed by atoms with van der Waals surface area (Å²) in [7, 11) is 0. The summed E-state index contributed by atoms with van der Waals surface area (Å²) in [5.74, 6) is 0.0646. The molecule has 0 heterocycles. The monoisotopic (exact) mass is 248 g/mol. The fourth-order valence-electron chi connectivity index (χ4n) is 1.96. The van der Waals surface area contributed by atoms with Crippen molar-refractivity contribution < 1.29 is 4.79 Å². The van der Waals surface area contributed by atoms with Gasteiger partial charge in [-0.3, -0.25) is 4.79 Å². The van der Waals surface area contributed by atoms with Crippen molar-refractivity contribution in [2.24, 2.45) is 5.73 Å². The second-order valence-corrected chi connectivity index (χ2v) is 4.57. The Hall–Kier alpha value is -1.35. The van der Waals surface area contributed by atoms with E-state index in [9.17, 15) is 4.79 Å². The molecule has 18 heavy (non-hydrogen) atoms. The normalized spacial score (nSPS) is 12.2. The van der Waals surface area contributed by atoms with Crippen LogP contribution in [0.3, 0.4) is 0 Å². The summed E-state index contributed by atoms with van der Waals surface area (Å²) in [6.45, 7) is 5.68. The number of unbranched alkanes of at least 4 members (excludes halogenated alkanes) is 1. The first-order chi connectivity index (χ1) is 8.69. The van der Waals surface area contributed by atoms with E-state index in [1.54, 1.807) is 0 Å². The van der Waals surface area contributed by atoms with Gasteiger partial charge < -0.3 is 10.6 Å². The average molecular weight is 248 g/mol. The molecule has 0 bridgehead atoms. The third-order valence-corrected chi connectivity index (χ3v) is 3.09. The SMILES string of the molecule is CCCCN(CC)C(=O)C(N)Cc1ccccc1. The number of rotatable bonds is 7. The zero-order valence-corrected chi connectivity index (χ0v) is 11.4. The predicted octanol–water partition coefficient (Wildman–Crippen LogP) is 2.21. The van der Waals surface area contributed by atoms with Crippen LogP contribution in [0.4, 0.5) is 0 Å². The number of carbonyl (C=O) groups excluding carboxylic acids is 1. The molecule has 1 atom stereocenters. The summed E-state index contributed by atoms with van der Waals surface area (Å²) in [5.41, 5.74) is 7.12. The predicted molar refractivity (Wildman–Crippen MR) is 75.3 cm³/mol. The maximum atomic E-state index is 12.2. The van der Waals surface area contributed by atoms with Crippen LogP contribution in [0.25, 0.3) is 0 Å². The number of hydrogen-bond donors (Lipinski definition) is 1. The maximum absolute atomic E-state index is 12.2. The van der Waals surface area contributed by atoms with Gasteiger partial charge in [-0.05, 0) is 25.3 Å². The van der Waals surface area contributed by atoms with Crippen molar-refractivity contribution in [2.45, 2.75) is 39.2 Å². The van der Waals surface area contributed by atoms with Crippen LogP contribution >= 0.6 is 0 Å². The number of nitrogens with two attached hydrogens (primary N) is 1. The molecule has 1 aromatic rings. The van der Waals surface area contributed by atoms with E-state index in [1.165, 1.54) is 0 Å². The first-order valence-corrected chi connectivity index (χ1v) is 6.77. The molecule has 1 aromatic carbocycles. The minimum Gasteiger partial charge on any atom is -0.342 e. The summed E-state index contributed by atoms with van der Waals surface area (Å²) in [4.78, 5) is 14.0. The highest BCUT2D eigenvalue weighted by molar-refractivity contribution is 5.81. The Balaban J connectivity index is 2.54. The summed E-state index contributed by atoms with van der Waals surface area (Å²) in [6, 6.07) is 9.51. The van der Waals surface area contributed by atoms with Gasteiger partial charge in [0.1, 0.15) is 0 Å². The molecule has 0 aliphatic carbocycles. The average Bonchev–Trinajstić information content (AvgIpc) is 2.40. The Morgan fingerprint density at radius 3 is 2.50 bits per heavy atom. The van der Waals surface area contributed by atoms with E-state index in [1.807, 2.05) is 42.2 Å². The van der Waals surface area contributed by atoms with Crippen molar-refractivity contribution in [3.8, 4) is 0 Å². The number of nitrogens with zero attached hydrogens (tertiary/aromatic N) is 1. The van der Waals surface area contributed by atoms with Crippen molar-refractivity contribution in [2.75, 3.05) is 13.1 Å². The molecule has 0 fully saturated rings. The molecule has 1 unspecified atom stereocenters. The zero-order chi connectivity index (χ0) is 13.4. The van der Waals surface area contributed by atoms with Gasteiger partial charge in [-0.1, -0.05) is 43.7 Å². The van der Waals surface area contributed by atoms with Crippen LogP contribution in [0.5, 0.6) is 0 Å². The first-order valence-electron chi connectivity index (χ1n) is 6.77. The lowest BCUT2D eigenvalue weighted by molar-refractivity contribution is -0.132. The molecule has 1 amide bonds. The van der Waals surface area contributed by atoms with E-state index in [4.69, 9.17) is 5.73 Å². The highest BCUT2D eigenvalue weighted by atomic mass is 16.2. The largest absolute Gasteiger partial charge is 0.342 e. The van der Waals surface area contributed by atoms with Crippen molar-refractivity contribution in [1.82, 2.24) is 4.90 Å². The first kappa shape index (κ1) is 14.7. The van der Waals surface area contributed by atoms with Gasteiger partial charge in [-0.2, -0.15) is 0 Å². The Kier molecular flexibility index (Phi) is 6.44. The summed E-state index contributed by atoms with van der Waals surface area (Å²) in [5, 5.41) is 0. The van der Waals surface area contributed by atoms with Gasteiger partial charge in [0.05, 0.1) is 6.04 Å². The third-order valence-electron chi connectivity index (χ3n) is 3.09. The van der Waals surface area contributed by atoms with Gasteiger partial charge >= 0.3 is 0 Å². The van der Waals surface area contributed by atoms with Crippen molar-refractivity contribution in [3.05, 3.63) is 35.9 Å². The fraction of sp³-hybridized carbons (Fsp3) is 0.533. The molecule has 3 heteroatoms. The van der Waals surface area contributed by atoms with Crippen LogP contribution in [0, 0.1) is 0 Å². The zero-order valence-electron chi connectivity index (χ0n) is 11.4. The van der Waals surface area contributed by atoms with E-state index in [0.717, 1.165) is 31.5 Å². The van der Waals surface area contributed by atoms with Crippen molar-refractivity contribution >= 4 is 5.91 Å². The van der Waals surface area contributed by atoms with E-state index in [0.29, 0.717) is 6.42 Å². The van der Waals surface area contributed by atoms with Crippen molar-refractivity contribution in [1.29, 1.82) is 0 Å². The Labute approximate surface area is 110 Å². The molecule has 0 saturated heterocycles. The lowest BCUT2D eigenvalue weighted by Gasteiger charge is -2.24. The van der Waals surface area contributed by atoms with Gasteiger partial charge in [0.15, 0.2) is 0 Å². The summed E-state index contributed by atoms with van der Waals surface area (Å²) in [6.07, 6.45) is 2.75. The summed E-state index contributed by atoms with van der Waals surface area (Å²) >= 11 is 0. The van der Waals surface area contributed by atoms with Gasteiger partial charge in [-0.25, -0.2) is 0 Å². The molecular weight excluding hydrogens is 224 g/mol. The van der Waals surface area contributed by atoms with E-state index in [2.05, 4.69) is 6.92 Å². The van der Waals surface area contributed by atoms with Gasteiger partial charge in [0.2, 0.25) is 5.91 Å². The highest BCUT2D eigenvalue weighted by Gasteiger charge is 2.19. The van der Waals surface area contributed by atoms with Gasteiger partial charge in [0, 0.05) is 13.1 Å². The lowest BCUT2D eigenvalue weighted by atomic mass is 10.1. The van der Waals surface area contributed by atoms with Gasteiger partial charge in [-0.15, -0.1) is 0 Å². The molecule has 0 aromatic heterocycles. The molecule has 100 valence electrons. The smallest absolute Gasteiger partial charge is 0.239 e. The molecule has 1 rings (SSSR count). The van der Waals surface area contributed by atoms with E-state index >= 15 is 0 Å². The van der Waals surface area contributed by atoms with Crippen LogP contribution < -0.4 is 5.73 Å². The number of amides is 1. The van der Waals surface area contributed by atoms with E-state index in [-0.39, 0.29) is 5.91 Å². The molecular formula is C15H24N2O. The Bertz CT molecular complexity index is 351. The number of hydrogen-bond acceptors (Lipinski definition) is 2. The van der Waals surface area contributed by atoms with Gasteiger partial charge in [0.25, 0.3) is 0 Å². The number of likely N-dealkylation sites (N-methyl/N-ethyl adjacent to an activating group) is 1. The Morgan fingerprint density at radius 1 is 1.28 bits per heavy atom. The molecule has 0 aliphatic heterocycles.